The van der Waals surface area contributed by atoms with Gasteiger partial charge in [-0.1, -0.05) is 30.3 Å². The van der Waals surface area contributed by atoms with Gasteiger partial charge in [0.2, 0.25) is 5.88 Å². The van der Waals surface area contributed by atoms with Crippen molar-refractivity contribution in [1.29, 1.82) is 0 Å². The smallest absolute Gasteiger partial charge is 0.304 e. The number of benzene rings is 1. The van der Waals surface area contributed by atoms with Crippen LogP contribution in [-0.2, 0) is 4.79 Å². The number of ether oxygens (including phenoxy) is 1. The average Bonchev–Trinajstić information content (AvgIpc) is 3.57. The Morgan fingerprint density at radius 3 is 2.68 bits per heavy atom. The van der Waals surface area contributed by atoms with Crippen LogP contribution in [0.3, 0.4) is 0 Å². The SMILES string of the molecule is O=C(O)CCN1CCC(CN[C@@H]2CC2c2ccccc2)(COc2ccc(F)cn2)CC1. The van der Waals surface area contributed by atoms with Crippen LogP contribution in [-0.4, -0.2) is 59.8 Å². The number of rotatable bonds is 10. The van der Waals surface area contributed by atoms with Crippen LogP contribution in [0.2, 0.25) is 0 Å². The summed E-state index contributed by atoms with van der Waals surface area (Å²) in [5.41, 5.74) is 1.32. The van der Waals surface area contributed by atoms with E-state index < -0.39 is 5.97 Å². The Hall–Kier alpha value is -2.51. The Labute approximate surface area is 182 Å². The number of nitrogens with one attached hydrogen (secondary N) is 1. The highest BCUT2D eigenvalue weighted by molar-refractivity contribution is 5.66. The van der Waals surface area contributed by atoms with Crippen LogP contribution in [0.25, 0.3) is 0 Å². The zero-order chi connectivity index (χ0) is 21.7. The number of hydrogen-bond donors (Lipinski definition) is 2. The summed E-state index contributed by atoms with van der Waals surface area (Å²) < 4.78 is 19.1. The third kappa shape index (κ3) is 6.02. The fourth-order valence-electron chi connectivity index (χ4n) is 4.39. The number of carboxylic acid groups (broad SMARTS) is 1. The minimum absolute atomic E-state index is 0.0559. The van der Waals surface area contributed by atoms with Gasteiger partial charge in [-0.05, 0) is 44.0 Å². The Kier molecular flexibility index (Phi) is 6.83. The van der Waals surface area contributed by atoms with E-state index in [4.69, 9.17) is 9.84 Å². The summed E-state index contributed by atoms with van der Waals surface area (Å²) in [5.74, 6) is -0.141. The van der Waals surface area contributed by atoms with E-state index in [1.165, 1.54) is 17.8 Å². The lowest BCUT2D eigenvalue weighted by Gasteiger charge is -2.41. The number of carboxylic acids is 1. The minimum Gasteiger partial charge on any atom is -0.481 e. The molecule has 2 aliphatic rings. The maximum Gasteiger partial charge on any atom is 0.304 e. The molecule has 0 bridgehead atoms. The lowest BCUT2D eigenvalue weighted by molar-refractivity contribution is -0.137. The van der Waals surface area contributed by atoms with Crippen LogP contribution >= 0.6 is 0 Å². The highest BCUT2D eigenvalue weighted by Gasteiger charge is 2.41. The molecule has 6 nitrogen and oxygen atoms in total. The van der Waals surface area contributed by atoms with Gasteiger partial charge in [0.1, 0.15) is 5.82 Å². The van der Waals surface area contributed by atoms with Crippen LogP contribution in [0.5, 0.6) is 5.88 Å². The van der Waals surface area contributed by atoms with Crippen LogP contribution < -0.4 is 10.1 Å². The van der Waals surface area contributed by atoms with E-state index in [0.717, 1.165) is 38.9 Å². The zero-order valence-electron chi connectivity index (χ0n) is 17.7. The van der Waals surface area contributed by atoms with Gasteiger partial charge >= 0.3 is 5.97 Å². The summed E-state index contributed by atoms with van der Waals surface area (Å²) in [6.07, 6.45) is 4.32. The molecular formula is C24H30FN3O3. The van der Waals surface area contributed by atoms with Gasteiger partial charge in [-0.25, -0.2) is 9.37 Å². The molecule has 0 amide bonds. The third-order valence-corrected chi connectivity index (χ3v) is 6.54. The van der Waals surface area contributed by atoms with E-state index in [1.54, 1.807) is 6.07 Å². The highest BCUT2D eigenvalue weighted by Crippen LogP contribution is 2.42. The van der Waals surface area contributed by atoms with Gasteiger partial charge in [-0.3, -0.25) is 4.79 Å². The fraction of sp³-hybridized carbons (Fsp3) is 0.500. The summed E-state index contributed by atoms with van der Waals surface area (Å²) in [6.45, 7) is 3.63. The molecule has 2 N–H and O–H groups in total. The third-order valence-electron chi connectivity index (χ3n) is 6.54. The Morgan fingerprint density at radius 2 is 2.00 bits per heavy atom. The summed E-state index contributed by atoms with van der Waals surface area (Å²) in [6, 6.07) is 14.0. The fourth-order valence-corrected chi connectivity index (χ4v) is 4.39. The first-order valence-electron chi connectivity index (χ1n) is 11.0. The summed E-state index contributed by atoms with van der Waals surface area (Å²) >= 11 is 0. The standard InChI is InChI=1S/C24H30FN3O3/c25-19-6-7-22(26-15-19)31-17-24(9-12-28(13-10-24)11-8-23(29)30)16-27-21-14-20(21)18-4-2-1-3-5-18/h1-7,15,20-21,27H,8-14,16-17H2,(H,29,30)/t20?,21-/m1/s1. The van der Waals surface area contributed by atoms with Crippen molar-refractivity contribution in [2.45, 2.75) is 37.6 Å². The van der Waals surface area contributed by atoms with Crippen LogP contribution in [0.1, 0.15) is 37.2 Å². The van der Waals surface area contributed by atoms with E-state index in [-0.39, 0.29) is 17.7 Å². The topological polar surface area (TPSA) is 74.7 Å². The zero-order valence-corrected chi connectivity index (χ0v) is 17.7. The van der Waals surface area contributed by atoms with Crippen molar-refractivity contribution in [3.63, 3.8) is 0 Å². The largest absolute Gasteiger partial charge is 0.481 e. The molecule has 166 valence electrons. The Balaban J connectivity index is 1.34. The molecule has 1 aliphatic carbocycles. The number of nitrogens with zero attached hydrogens (tertiary/aromatic N) is 2. The van der Waals surface area contributed by atoms with Crippen molar-refractivity contribution < 1.29 is 19.0 Å². The van der Waals surface area contributed by atoms with Gasteiger partial charge in [0.05, 0.1) is 19.2 Å². The van der Waals surface area contributed by atoms with E-state index >= 15 is 0 Å². The second kappa shape index (κ2) is 9.75. The molecule has 1 unspecified atom stereocenters. The van der Waals surface area contributed by atoms with E-state index in [0.29, 0.717) is 31.0 Å². The van der Waals surface area contributed by atoms with E-state index in [9.17, 15) is 9.18 Å². The number of aliphatic carboxylic acids is 1. The first-order chi connectivity index (χ1) is 15.0. The van der Waals surface area contributed by atoms with Crippen LogP contribution in [0, 0.1) is 11.2 Å². The molecule has 1 aromatic heterocycles. The van der Waals surface area contributed by atoms with E-state index in [1.807, 2.05) is 6.07 Å². The molecule has 0 radical (unpaired) electrons. The highest BCUT2D eigenvalue weighted by atomic mass is 19.1. The summed E-state index contributed by atoms with van der Waals surface area (Å²) in [7, 11) is 0. The van der Waals surface area contributed by atoms with Gasteiger partial charge in [0.15, 0.2) is 0 Å². The summed E-state index contributed by atoms with van der Waals surface area (Å²) in [4.78, 5) is 17.1. The quantitative estimate of drug-likeness (QED) is 0.606. The van der Waals surface area contributed by atoms with Gasteiger partial charge < -0.3 is 20.1 Å². The molecule has 1 saturated heterocycles. The molecule has 7 heteroatoms. The molecule has 2 aromatic rings. The lowest BCUT2D eigenvalue weighted by Crippen LogP contribution is -2.49. The van der Waals surface area contributed by atoms with Crippen molar-refractivity contribution in [1.82, 2.24) is 15.2 Å². The normalized spacial score (nSPS) is 22.7. The molecule has 2 heterocycles. The Bertz CT molecular complexity index is 854. The lowest BCUT2D eigenvalue weighted by atomic mass is 9.78. The molecule has 0 spiro atoms. The summed E-state index contributed by atoms with van der Waals surface area (Å²) in [5, 5.41) is 12.7. The van der Waals surface area contributed by atoms with Gasteiger partial charge in [-0.2, -0.15) is 0 Å². The predicted octanol–water partition coefficient (Wildman–Crippen LogP) is 3.30. The molecule has 4 rings (SSSR count). The second-order valence-corrected chi connectivity index (χ2v) is 8.83. The molecule has 2 atom stereocenters. The monoisotopic (exact) mass is 427 g/mol. The van der Waals surface area contributed by atoms with Crippen molar-refractivity contribution in [3.8, 4) is 5.88 Å². The number of piperidine rings is 1. The van der Waals surface area contributed by atoms with Crippen molar-refractivity contribution >= 4 is 5.97 Å². The molecule has 1 aliphatic heterocycles. The first kappa shape index (κ1) is 21.7. The van der Waals surface area contributed by atoms with Gasteiger partial charge in [0, 0.05) is 36.5 Å². The number of likely N-dealkylation sites (tertiary alicyclic amines) is 1. The number of aromatic nitrogens is 1. The van der Waals surface area contributed by atoms with Crippen molar-refractivity contribution in [3.05, 3.63) is 60.0 Å². The second-order valence-electron chi connectivity index (χ2n) is 8.83. The van der Waals surface area contributed by atoms with Crippen LogP contribution in [0.15, 0.2) is 48.7 Å². The number of hydrogen-bond acceptors (Lipinski definition) is 5. The first-order valence-corrected chi connectivity index (χ1v) is 11.0. The molecular weight excluding hydrogens is 397 g/mol. The van der Waals surface area contributed by atoms with Gasteiger partial charge in [0.25, 0.3) is 0 Å². The maximum atomic E-state index is 13.1. The number of pyridine rings is 1. The van der Waals surface area contributed by atoms with E-state index in [2.05, 4.69) is 39.5 Å². The number of halogens is 1. The Morgan fingerprint density at radius 1 is 1.23 bits per heavy atom. The maximum absolute atomic E-state index is 13.1. The minimum atomic E-state index is -0.759. The van der Waals surface area contributed by atoms with Gasteiger partial charge in [-0.15, -0.1) is 0 Å². The van der Waals surface area contributed by atoms with Crippen molar-refractivity contribution in [2.75, 3.05) is 32.8 Å². The number of carbonyl (C=O) groups is 1. The molecule has 2 fully saturated rings. The molecule has 1 aromatic carbocycles. The predicted molar refractivity (Wildman–Crippen MR) is 116 cm³/mol. The molecule has 31 heavy (non-hydrogen) atoms. The van der Waals surface area contributed by atoms with Crippen molar-refractivity contribution in [2.24, 2.45) is 5.41 Å². The average molecular weight is 428 g/mol. The van der Waals surface area contributed by atoms with Crippen LogP contribution in [0.4, 0.5) is 4.39 Å². The molecule has 1 saturated carbocycles.